The van der Waals surface area contributed by atoms with Crippen LogP contribution in [0.5, 0.6) is 0 Å². The lowest BCUT2D eigenvalue weighted by Crippen LogP contribution is -2.35. The Hall–Kier alpha value is -0.660. The van der Waals surface area contributed by atoms with Gasteiger partial charge in [0.25, 0.3) is 0 Å². The van der Waals surface area contributed by atoms with Crippen molar-refractivity contribution in [2.45, 2.75) is 55.9 Å². The van der Waals surface area contributed by atoms with Crippen molar-refractivity contribution in [3.05, 3.63) is 22.4 Å². The van der Waals surface area contributed by atoms with Gasteiger partial charge < -0.3 is 5.73 Å². The van der Waals surface area contributed by atoms with E-state index in [4.69, 9.17) is 5.73 Å². The van der Waals surface area contributed by atoms with E-state index >= 15 is 0 Å². The third-order valence-electron chi connectivity index (χ3n) is 3.73. The molecule has 1 aromatic carbocycles. The fourth-order valence-corrected chi connectivity index (χ4v) is 4.68. The molecule has 0 unspecified atom stereocenters. The fourth-order valence-electron chi connectivity index (χ4n) is 2.64. The van der Waals surface area contributed by atoms with Crippen molar-refractivity contribution >= 4 is 31.6 Å². The maximum atomic E-state index is 14.1. The quantitative estimate of drug-likeness (QED) is 0.789. The molecule has 21 heavy (non-hydrogen) atoms. The molecule has 7 heteroatoms. The van der Waals surface area contributed by atoms with Gasteiger partial charge in [-0.3, -0.25) is 0 Å². The molecule has 1 aliphatic carbocycles. The first kappa shape index (κ1) is 16.7. The molecule has 0 atom stereocenters. The molecule has 0 spiro atoms. The van der Waals surface area contributed by atoms with E-state index in [9.17, 15) is 12.8 Å². The molecule has 4 nitrogen and oxygen atoms in total. The van der Waals surface area contributed by atoms with Crippen LogP contribution in [0.25, 0.3) is 0 Å². The lowest BCUT2D eigenvalue weighted by Gasteiger charge is -2.21. The van der Waals surface area contributed by atoms with Gasteiger partial charge in [0.05, 0.1) is 4.47 Å². The van der Waals surface area contributed by atoms with Gasteiger partial charge in [0.2, 0.25) is 10.0 Å². The number of hydrogen-bond acceptors (Lipinski definition) is 3. The summed E-state index contributed by atoms with van der Waals surface area (Å²) in [6.07, 6.45) is 7.03. The van der Waals surface area contributed by atoms with Crippen LogP contribution in [0.4, 0.5) is 10.1 Å². The molecule has 0 saturated heterocycles. The molecule has 1 fully saturated rings. The number of nitrogens with two attached hydrogens (primary N) is 1. The van der Waals surface area contributed by atoms with Gasteiger partial charge in [-0.25, -0.2) is 17.5 Å². The van der Waals surface area contributed by atoms with Gasteiger partial charge >= 0.3 is 0 Å². The summed E-state index contributed by atoms with van der Waals surface area (Å²) >= 11 is 2.99. The summed E-state index contributed by atoms with van der Waals surface area (Å²) in [5.74, 6) is -0.803. The Morgan fingerprint density at radius 3 is 2.33 bits per heavy atom. The summed E-state index contributed by atoms with van der Waals surface area (Å²) < 4.78 is 41.5. The van der Waals surface area contributed by atoms with Gasteiger partial charge in [-0.05, 0) is 40.9 Å². The topological polar surface area (TPSA) is 72.2 Å². The average Bonchev–Trinajstić information content (AvgIpc) is 2.36. The number of sulfonamides is 1. The Labute approximate surface area is 133 Å². The van der Waals surface area contributed by atoms with Crippen LogP contribution in [0.15, 0.2) is 21.5 Å². The van der Waals surface area contributed by atoms with Crippen molar-refractivity contribution in [3.63, 3.8) is 0 Å². The van der Waals surface area contributed by atoms with Crippen LogP contribution >= 0.6 is 15.9 Å². The highest BCUT2D eigenvalue weighted by atomic mass is 79.9. The van der Waals surface area contributed by atoms with E-state index in [-0.39, 0.29) is 16.2 Å². The van der Waals surface area contributed by atoms with Crippen LogP contribution in [0.2, 0.25) is 0 Å². The molecule has 0 heterocycles. The number of rotatable bonds is 3. The van der Waals surface area contributed by atoms with E-state index in [0.717, 1.165) is 44.6 Å². The molecule has 2 rings (SSSR count). The summed E-state index contributed by atoms with van der Waals surface area (Å²) in [4.78, 5) is -0.392. The summed E-state index contributed by atoms with van der Waals surface area (Å²) in [7, 11) is -3.90. The van der Waals surface area contributed by atoms with Crippen molar-refractivity contribution in [1.29, 1.82) is 0 Å². The number of anilines is 1. The molecule has 0 bridgehead atoms. The molecule has 3 N–H and O–H groups in total. The highest BCUT2D eigenvalue weighted by molar-refractivity contribution is 9.10. The summed E-state index contributed by atoms with van der Waals surface area (Å²) in [5.41, 5.74) is 5.82. The third kappa shape index (κ3) is 4.40. The molecule has 0 radical (unpaired) electrons. The fraction of sp³-hybridized carbons (Fsp3) is 0.571. The van der Waals surface area contributed by atoms with Crippen LogP contribution in [-0.2, 0) is 10.0 Å². The van der Waals surface area contributed by atoms with Gasteiger partial charge in [0, 0.05) is 11.7 Å². The lowest BCUT2D eigenvalue weighted by atomic mass is 9.97. The van der Waals surface area contributed by atoms with E-state index in [1.807, 2.05) is 0 Å². The number of nitrogens with one attached hydrogen (secondary N) is 1. The maximum absolute atomic E-state index is 14.1. The van der Waals surface area contributed by atoms with Crippen molar-refractivity contribution in [2.75, 3.05) is 5.73 Å². The predicted octanol–water partition coefficient (Wildman–Crippen LogP) is 3.56. The second-order valence-electron chi connectivity index (χ2n) is 5.48. The van der Waals surface area contributed by atoms with Crippen LogP contribution in [-0.4, -0.2) is 14.5 Å². The lowest BCUT2D eigenvalue weighted by molar-refractivity contribution is 0.425. The van der Waals surface area contributed by atoms with E-state index < -0.39 is 20.7 Å². The number of benzene rings is 1. The van der Waals surface area contributed by atoms with Crippen LogP contribution in [0.3, 0.4) is 0 Å². The smallest absolute Gasteiger partial charge is 0.243 e. The van der Waals surface area contributed by atoms with Crippen LogP contribution in [0, 0.1) is 5.82 Å². The zero-order chi connectivity index (χ0) is 15.5. The van der Waals surface area contributed by atoms with Gasteiger partial charge in [-0.15, -0.1) is 0 Å². The van der Waals surface area contributed by atoms with E-state index in [1.54, 1.807) is 0 Å². The first-order valence-electron chi connectivity index (χ1n) is 7.17. The highest BCUT2D eigenvalue weighted by Crippen LogP contribution is 2.27. The van der Waals surface area contributed by atoms with Crippen LogP contribution in [0.1, 0.15) is 44.9 Å². The van der Waals surface area contributed by atoms with Gasteiger partial charge in [0.1, 0.15) is 4.90 Å². The zero-order valence-electron chi connectivity index (χ0n) is 11.7. The Morgan fingerprint density at radius 2 is 1.71 bits per heavy atom. The first-order chi connectivity index (χ1) is 9.90. The molecule has 0 aliphatic heterocycles. The summed E-state index contributed by atoms with van der Waals surface area (Å²) in [6.45, 7) is 0. The SMILES string of the molecule is Nc1cc(Br)c(F)c(S(=O)(=O)NC2CCCCCCC2)c1. The van der Waals surface area contributed by atoms with Crippen molar-refractivity contribution < 1.29 is 12.8 Å². The molecular weight excluding hydrogens is 359 g/mol. The normalized spacial score (nSPS) is 18.2. The number of hydrogen-bond donors (Lipinski definition) is 2. The minimum atomic E-state index is -3.90. The first-order valence-corrected chi connectivity index (χ1v) is 9.44. The van der Waals surface area contributed by atoms with Gasteiger partial charge in [-0.2, -0.15) is 0 Å². The second-order valence-corrected chi connectivity index (χ2v) is 8.01. The Balaban J connectivity index is 2.21. The second kappa shape index (κ2) is 7.07. The average molecular weight is 379 g/mol. The minimum absolute atomic E-state index is 0.0561. The van der Waals surface area contributed by atoms with Gasteiger partial charge in [-0.1, -0.05) is 32.1 Å². The molecule has 1 aromatic rings. The zero-order valence-corrected chi connectivity index (χ0v) is 14.1. The molecule has 1 saturated carbocycles. The van der Waals surface area contributed by atoms with Gasteiger partial charge in [0.15, 0.2) is 5.82 Å². The molecular formula is C14H20BrFN2O2S. The highest BCUT2D eigenvalue weighted by Gasteiger charge is 2.25. The number of nitrogen functional groups attached to an aromatic ring is 1. The molecule has 1 aliphatic rings. The molecule has 118 valence electrons. The standard InChI is InChI=1S/C14H20BrFN2O2S/c15-12-8-10(17)9-13(14(12)16)21(19,20)18-11-6-4-2-1-3-5-7-11/h8-9,11,18H,1-7,17H2. The monoisotopic (exact) mass is 378 g/mol. The third-order valence-corrected chi connectivity index (χ3v) is 5.83. The minimum Gasteiger partial charge on any atom is -0.399 e. The van der Waals surface area contributed by atoms with Crippen molar-refractivity contribution in [2.24, 2.45) is 0 Å². The Kier molecular flexibility index (Phi) is 5.62. The van der Waals surface area contributed by atoms with Crippen molar-refractivity contribution in [3.8, 4) is 0 Å². The summed E-state index contributed by atoms with van der Waals surface area (Å²) in [6, 6.07) is 2.38. The molecule has 0 amide bonds. The largest absolute Gasteiger partial charge is 0.399 e. The van der Waals surface area contributed by atoms with E-state index in [2.05, 4.69) is 20.7 Å². The predicted molar refractivity (Wildman–Crippen MR) is 84.9 cm³/mol. The Bertz CT molecular complexity index is 599. The van der Waals surface area contributed by atoms with Crippen LogP contribution < -0.4 is 10.5 Å². The summed E-state index contributed by atoms with van der Waals surface area (Å²) in [5, 5.41) is 0. The van der Waals surface area contributed by atoms with Crippen molar-refractivity contribution in [1.82, 2.24) is 4.72 Å². The van der Waals surface area contributed by atoms with E-state index in [1.165, 1.54) is 12.5 Å². The molecule has 0 aromatic heterocycles. The Morgan fingerprint density at radius 1 is 1.14 bits per heavy atom. The number of halogens is 2. The van der Waals surface area contributed by atoms with E-state index in [0.29, 0.717) is 0 Å². The maximum Gasteiger partial charge on any atom is 0.243 e.